The molecule has 176 valence electrons. The van der Waals surface area contributed by atoms with Crippen molar-refractivity contribution in [1.29, 1.82) is 0 Å². The standard InChI is InChI=1S/C24H27BrN2O6/c25-16-8-15(10-27-11-16)17-1-2-20(30)24-18(17)6-13(7-22(24)32)5-14(3-4-28)19(12-29)21(31)9-23(26)33/h1-2,8,10-11,13-14,19,28-30H,3-7,9,12H2,(H2,26,33). The molecular weight excluding hydrogens is 492 g/mol. The third kappa shape index (κ3) is 5.85. The molecule has 0 bridgehead atoms. The Morgan fingerprint density at radius 2 is 1.97 bits per heavy atom. The smallest absolute Gasteiger partial charge is 0.224 e. The van der Waals surface area contributed by atoms with E-state index in [2.05, 4.69) is 20.9 Å². The van der Waals surface area contributed by atoms with E-state index in [1.54, 1.807) is 18.5 Å². The minimum Gasteiger partial charge on any atom is -0.507 e. The first-order valence-electron chi connectivity index (χ1n) is 10.8. The number of hydrogen-bond acceptors (Lipinski definition) is 7. The number of pyridine rings is 1. The number of Topliss-reactive ketones (excluding diaryl/α,β-unsaturated/α-hetero) is 2. The molecule has 0 aliphatic heterocycles. The summed E-state index contributed by atoms with van der Waals surface area (Å²) in [5.74, 6) is -2.95. The van der Waals surface area contributed by atoms with Crippen molar-refractivity contribution in [3.05, 3.63) is 46.2 Å². The minimum atomic E-state index is -0.848. The molecule has 1 amide bonds. The number of ketones is 2. The van der Waals surface area contributed by atoms with Crippen molar-refractivity contribution in [1.82, 2.24) is 4.98 Å². The largest absolute Gasteiger partial charge is 0.507 e. The van der Waals surface area contributed by atoms with Crippen LogP contribution in [0.15, 0.2) is 35.1 Å². The van der Waals surface area contributed by atoms with Crippen molar-refractivity contribution in [3.63, 3.8) is 0 Å². The predicted octanol–water partition coefficient (Wildman–Crippen LogP) is 2.40. The number of carbonyl (C=O) groups excluding carboxylic acids is 3. The van der Waals surface area contributed by atoms with E-state index in [4.69, 9.17) is 5.73 Å². The van der Waals surface area contributed by atoms with Gasteiger partial charge in [-0.3, -0.25) is 19.4 Å². The number of aliphatic hydroxyl groups excluding tert-OH is 2. The lowest BCUT2D eigenvalue weighted by Gasteiger charge is -2.31. The normalized spacial score (nSPS) is 17.3. The van der Waals surface area contributed by atoms with Crippen LogP contribution in [0.25, 0.3) is 11.1 Å². The van der Waals surface area contributed by atoms with Crippen LogP contribution in [0.4, 0.5) is 0 Å². The van der Waals surface area contributed by atoms with Gasteiger partial charge in [-0.1, -0.05) is 6.07 Å². The van der Waals surface area contributed by atoms with Gasteiger partial charge in [0.25, 0.3) is 0 Å². The fraction of sp³-hybridized carbons (Fsp3) is 0.417. The van der Waals surface area contributed by atoms with Gasteiger partial charge in [-0.05, 0) is 70.3 Å². The van der Waals surface area contributed by atoms with E-state index in [1.165, 1.54) is 6.07 Å². The Hall–Kier alpha value is -2.62. The molecule has 1 heterocycles. The maximum absolute atomic E-state index is 13.0. The Bertz CT molecular complexity index is 1060. The molecule has 3 unspecified atom stereocenters. The number of nitrogens with zero attached hydrogens (tertiary/aromatic N) is 1. The summed E-state index contributed by atoms with van der Waals surface area (Å²) in [6, 6.07) is 5.14. The van der Waals surface area contributed by atoms with Crippen molar-refractivity contribution in [3.8, 4) is 16.9 Å². The number of carbonyl (C=O) groups is 3. The summed E-state index contributed by atoms with van der Waals surface area (Å²) in [6.07, 6.45) is 4.15. The summed E-state index contributed by atoms with van der Waals surface area (Å²) in [4.78, 5) is 40.9. The Morgan fingerprint density at radius 1 is 1.21 bits per heavy atom. The topological polar surface area (TPSA) is 151 Å². The number of aliphatic hydroxyl groups is 2. The molecule has 0 saturated heterocycles. The first-order chi connectivity index (χ1) is 15.7. The molecule has 3 rings (SSSR count). The van der Waals surface area contributed by atoms with Crippen LogP contribution in [-0.4, -0.2) is 51.0 Å². The third-order valence-electron chi connectivity index (χ3n) is 6.22. The minimum absolute atomic E-state index is 0.0723. The lowest BCUT2D eigenvalue weighted by atomic mass is 9.72. The van der Waals surface area contributed by atoms with E-state index in [9.17, 15) is 29.7 Å². The fourth-order valence-corrected chi connectivity index (χ4v) is 5.14. The third-order valence-corrected chi connectivity index (χ3v) is 6.65. The number of aromatic nitrogens is 1. The number of primary amides is 1. The summed E-state index contributed by atoms with van der Waals surface area (Å²) < 4.78 is 0.780. The molecule has 9 heteroatoms. The molecule has 1 aliphatic rings. The maximum Gasteiger partial charge on any atom is 0.224 e. The first kappa shape index (κ1) is 25.0. The van der Waals surface area contributed by atoms with Crippen molar-refractivity contribution < 1.29 is 29.7 Å². The predicted molar refractivity (Wildman–Crippen MR) is 124 cm³/mol. The van der Waals surface area contributed by atoms with Gasteiger partial charge >= 0.3 is 0 Å². The van der Waals surface area contributed by atoms with Gasteiger partial charge in [-0.15, -0.1) is 0 Å². The van der Waals surface area contributed by atoms with E-state index in [0.29, 0.717) is 24.0 Å². The van der Waals surface area contributed by atoms with Crippen LogP contribution in [0.5, 0.6) is 5.75 Å². The lowest BCUT2D eigenvalue weighted by Crippen LogP contribution is -2.33. The molecule has 0 saturated carbocycles. The summed E-state index contributed by atoms with van der Waals surface area (Å²) in [5.41, 5.74) is 7.74. The van der Waals surface area contributed by atoms with E-state index in [1.807, 2.05) is 6.07 Å². The molecule has 1 aromatic carbocycles. The monoisotopic (exact) mass is 518 g/mol. The van der Waals surface area contributed by atoms with Crippen LogP contribution in [0, 0.1) is 17.8 Å². The van der Waals surface area contributed by atoms with Gasteiger partial charge in [0.1, 0.15) is 11.5 Å². The van der Waals surface area contributed by atoms with Gasteiger partial charge in [-0.25, -0.2) is 0 Å². The van der Waals surface area contributed by atoms with Crippen LogP contribution in [0.2, 0.25) is 0 Å². The summed E-state index contributed by atoms with van der Waals surface area (Å²) in [5, 5.41) is 29.8. The van der Waals surface area contributed by atoms with Gasteiger partial charge in [0.2, 0.25) is 5.91 Å². The van der Waals surface area contributed by atoms with Crippen LogP contribution < -0.4 is 5.73 Å². The van der Waals surface area contributed by atoms with Crippen molar-refractivity contribution in [2.75, 3.05) is 13.2 Å². The molecule has 33 heavy (non-hydrogen) atoms. The number of halogens is 1. The molecule has 3 atom stereocenters. The van der Waals surface area contributed by atoms with Gasteiger partial charge < -0.3 is 21.1 Å². The van der Waals surface area contributed by atoms with Gasteiger partial charge in [-0.2, -0.15) is 0 Å². The van der Waals surface area contributed by atoms with Crippen LogP contribution in [0.3, 0.4) is 0 Å². The number of amides is 1. The number of rotatable bonds is 10. The summed E-state index contributed by atoms with van der Waals surface area (Å²) in [6.45, 7) is -0.665. The number of aromatic hydroxyl groups is 1. The number of nitrogens with two attached hydrogens (primary N) is 1. The number of phenolic OH excluding ortho intramolecular Hbond substituents is 1. The van der Waals surface area contributed by atoms with E-state index in [-0.39, 0.29) is 36.9 Å². The van der Waals surface area contributed by atoms with E-state index in [0.717, 1.165) is 15.6 Å². The van der Waals surface area contributed by atoms with Crippen LogP contribution in [0.1, 0.15) is 41.6 Å². The zero-order chi connectivity index (χ0) is 24.1. The number of hydrogen-bond donors (Lipinski definition) is 4. The molecule has 1 aromatic heterocycles. The number of fused-ring (bicyclic) bond motifs is 1. The van der Waals surface area contributed by atoms with E-state index < -0.39 is 36.6 Å². The zero-order valence-electron chi connectivity index (χ0n) is 18.0. The molecule has 8 nitrogen and oxygen atoms in total. The summed E-state index contributed by atoms with van der Waals surface area (Å²) in [7, 11) is 0. The van der Waals surface area contributed by atoms with Crippen LogP contribution in [-0.2, 0) is 16.0 Å². The van der Waals surface area contributed by atoms with Crippen LogP contribution >= 0.6 is 15.9 Å². The van der Waals surface area contributed by atoms with Crippen molar-refractivity contribution >= 4 is 33.4 Å². The highest BCUT2D eigenvalue weighted by molar-refractivity contribution is 9.10. The van der Waals surface area contributed by atoms with Gasteiger partial charge in [0, 0.05) is 41.4 Å². The van der Waals surface area contributed by atoms with Crippen molar-refractivity contribution in [2.45, 2.75) is 32.1 Å². The number of phenols is 1. The van der Waals surface area contributed by atoms with Gasteiger partial charge in [0.15, 0.2) is 5.78 Å². The number of benzene rings is 1. The quantitative estimate of drug-likeness (QED) is 0.352. The SMILES string of the molecule is NC(=O)CC(=O)C(CO)C(CCO)CC1CC(=O)c2c(O)ccc(-c3cncc(Br)c3)c2C1. The highest BCUT2D eigenvalue weighted by Crippen LogP contribution is 2.41. The van der Waals surface area contributed by atoms with E-state index >= 15 is 0 Å². The maximum atomic E-state index is 13.0. The van der Waals surface area contributed by atoms with Crippen molar-refractivity contribution in [2.24, 2.45) is 23.5 Å². The second kappa shape index (κ2) is 11.0. The second-order valence-electron chi connectivity index (χ2n) is 8.48. The Balaban J connectivity index is 1.92. The summed E-state index contributed by atoms with van der Waals surface area (Å²) >= 11 is 3.41. The van der Waals surface area contributed by atoms with Gasteiger partial charge in [0.05, 0.1) is 18.6 Å². The molecule has 1 aliphatic carbocycles. The Labute approximate surface area is 200 Å². The molecule has 5 N–H and O–H groups in total. The lowest BCUT2D eigenvalue weighted by molar-refractivity contribution is -0.131. The highest BCUT2D eigenvalue weighted by atomic mass is 79.9. The Kier molecular flexibility index (Phi) is 8.34. The zero-order valence-corrected chi connectivity index (χ0v) is 19.6. The molecule has 0 radical (unpaired) electrons. The first-order valence-corrected chi connectivity index (χ1v) is 11.6. The highest BCUT2D eigenvalue weighted by Gasteiger charge is 2.35. The average Bonchev–Trinajstić information content (AvgIpc) is 2.73. The average molecular weight is 519 g/mol. The second-order valence-corrected chi connectivity index (χ2v) is 9.40. The molecule has 0 spiro atoms. The Morgan fingerprint density at radius 3 is 2.61 bits per heavy atom. The molecular formula is C24H27BrN2O6. The fourth-order valence-electron chi connectivity index (χ4n) is 4.77. The molecule has 0 fully saturated rings. The molecule has 2 aromatic rings.